The number of Topliss-reactive ketones (excluding diaryl/α,β-unsaturated/α-hetero) is 1. The topological polar surface area (TPSA) is 95.5 Å². The molecule has 0 spiro atoms. The fraction of sp³-hybridized carbons (Fsp3) is 0.316. The zero-order valence-corrected chi connectivity index (χ0v) is 15.0. The normalized spacial score (nSPS) is 13.1. The maximum absolute atomic E-state index is 12.3. The number of amides is 1. The number of carboxylic acids is 1. The van der Waals surface area contributed by atoms with E-state index >= 15 is 0 Å². The van der Waals surface area contributed by atoms with Crippen LogP contribution in [0.15, 0.2) is 30.3 Å². The van der Waals surface area contributed by atoms with Crippen LogP contribution in [-0.4, -0.2) is 35.9 Å². The van der Waals surface area contributed by atoms with Gasteiger partial charge in [-0.05, 0) is 30.0 Å². The van der Waals surface area contributed by atoms with Crippen LogP contribution in [0.5, 0.6) is 0 Å². The number of ketones is 1. The van der Waals surface area contributed by atoms with Crippen molar-refractivity contribution in [1.82, 2.24) is 10.6 Å². The molecule has 1 aromatic carbocycles. The molecular formula is C19H20N2O4S. The van der Waals surface area contributed by atoms with Crippen LogP contribution in [0, 0.1) is 0 Å². The molecule has 1 aliphatic rings. The Morgan fingerprint density at radius 2 is 1.96 bits per heavy atom. The lowest BCUT2D eigenvalue weighted by molar-refractivity contribution is -0.136. The summed E-state index contributed by atoms with van der Waals surface area (Å²) in [5.41, 5.74) is 2.53. The Hall–Kier alpha value is -2.51. The number of carbonyl (C=O) groups excluding carboxylic acids is 2. The van der Waals surface area contributed by atoms with Crippen molar-refractivity contribution in [2.75, 3.05) is 13.1 Å². The molecule has 6 nitrogen and oxygen atoms in total. The average Bonchev–Trinajstić information content (AvgIpc) is 3.09. The van der Waals surface area contributed by atoms with E-state index in [1.807, 2.05) is 6.07 Å². The number of fused-ring (bicyclic) bond motifs is 1. The Morgan fingerprint density at radius 3 is 2.65 bits per heavy atom. The number of benzene rings is 1. The van der Waals surface area contributed by atoms with Crippen LogP contribution < -0.4 is 10.6 Å². The summed E-state index contributed by atoms with van der Waals surface area (Å²) >= 11 is 1.49. The first-order valence-electron chi connectivity index (χ1n) is 8.47. The molecule has 136 valence electrons. The van der Waals surface area contributed by atoms with Gasteiger partial charge in [0.1, 0.15) is 0 Å². The highest BCUT2D eigenvalue weighted by Gasteiger charge is 2.17. The number of nitrogens with one attached hydrogen (secondary N) is 2. The molecule has 0 saturated heterocycles. The molecular weight excluding hydrogens is 352 g/mol. The number of carbonyl (C=O) groups is 3. The van der Waals surface area contributed by atoms with Crippen LogP contribution in [0.1, 0.15) is 42.5 Å². The molecule has 3 N–H and O–H groups in total. The van der Waals surface area contributed by atoms with Crippen LogP contribution in [0.25, 0.3) is 0 Å². The molecule has 2 heterocycles. The van der Waals surface area contributed by atoms with E-state index in [0.29, 0.717) is 16.9 Å². The maximum Gasteiger partial charge on any atom is 0.303 e. The van der Waals surface area contributed by atoms with Gasteiger partial charge in [-0.2, -0.15) is 0 Å². The number of aliphatic carboxylic acids is 1. The minimum atomic E-state index is -0.848. The number of hydrogen-bond donors (Lipinski definition) is 3. The van der Waals surface area contributed by atoms with E-state index < -0.39 is 5.97 Å². The molecule has 3 rings (SSSR count). The third kappa shape index (κ3) is 4.56. The summed E-state index contributed by atoms with van der Waals surface area (Å²) in [5, 5.41) is 14.6. The summed E-state index contributed by atoms with van der Waals surface area (Å²) in [6, 6.07) is 8.72. The molecule has 0 bridgehead atoms. The van der Waals surface area contributed by atoms with Gasteiger partial charge in [0.2, 0.25) is 0 Å². The highest BCUT2D eigenvalue weighted by Crippen LogP contribution is 2.25. The van der Waals surface area contributed by atoms with Crippen LogP contribution in [-0.2, 0) is 24.2 Å². The largest absolute Gasteiger partial charge is 0.481 e. The SMILES string of the molecule is O=C(O)CCc1ccc(C(=O)CNC(=O)c2cc3c(s2)CCNC3)cc1. The molecule has 0 radical (unpaired) electrons. The minimum absolute atomic E-state index is 0.0592. The molecule has 26 heavy (non-hydrogen) atoms. The van der Waals surface area contributed by atoms with Gasteiger partial charge in [0, 0.05) is 30.0 Å². The van der Waals surface area contributed by atoms with Crippen molar-refractivity contribution in [3.05, 3.63) is 56.8 Å². The van der Waals surface area contributed by atoms with Gasteiger partial charge in [-0.25, -0.2) is 0 Å². The number of rotatable bonds is 7. The lowest BCUT2D eigenvalue weighted by atomic mass is 10.0. The van der Waals surface area contributed by atoms with E-state index in [1.54, 1.807) is 24.3 Å². The third-order valence-corrected chi connectivity index (χ3v) is 5.51. The van der Waals surface area contributed by atoms with Crippen molar-refractivity contribution >= 4 is 29.0 Å². The van der Waals surface area contributed by atoms with Crippen molar-refractivity contribution < 1.29 is 19.5 Å². The lowest BCUT2D eigenvalue weighted by Crippen LogP contribution is -2.29. The number of aryl methyl sites for hydroxylation is 1. The second-order valence-electron chi connectivity index (χ2n) is 6.18. The van der Waals surface area contributed by atoms with E-state index in [0.717, 1.165) is 30.6 Å². The number of carboxylic acid groups (broad SMARTS) is 1. The fourth-order valence-electron chi connectivity index (χ4n) is 2.82. The Kier molecular flexibility index (Phi) is 5.80. The molecule has 0 atom stereocenters. The first-order valence-corrected chi connectivity index (χ1v) is 9.29. The summed E-state index contributed by atoms with van der Waals surface area (Å²) in [6.07, 6.45) is 1.42. The van der Waals surface area contributed by atoms with Gasteiger partial charge in [-0.3, -0.25) is 14.4 Å². The van der Waals surface area contributed by atoms with E-state index in [4.69, 9.17) is 5.11 Å². The van der Waals surface area contributed by atoms with Gasteiger partial charge in [0.05, 0.1) is 11.4 Å². The van der Waals surface area contributed by atoms with Crippen molar-refractivity contribution in [2.45, 2.75) is 25.8 Å². The zero-order valence-electron chi connectivity index (χ0n) is 14.2. The molecule has 1 aliphatic heterocycles. The van der Waals surface area contributed by atoms with Crippen LogP contribution in [0.4, 0.5) is 0 Å². The highest BCUT2D eigenvalue weighted by atomic mass is 32.1. The second kappa shape index (κ2) is 8.25. The summed E-state index contributed by atoms with van der Waals surface area (Å²) < 4.78 is 0. The number of thiophene rings is 1. The smallest absolute Gasteiger partial charge is 0.303 e. The molecule has 0 fully saturated rings. The van der Waals surface area contributed by atoms with Crippen LogP contribution in [0.2, 0.25) is 0 Å². The van der Waals surface area contributed by atoms with Gasteiger partial charge in [0.15, 0.2) is 5.78 Å². The Labute approximate surface area is 155 Å². The predicted molar refractivity (Wildman–Crippen MR) is 98.8 cm³/mol. The van der Waals surface area contributed by atoms with Gasteiger partial charge in [-0.1, -0.05) is 24.3 Å². The summed E-state index contributed by atoms with van der Waals surface area (Å²) in [4.78, 5) is 37.0. The molecule has 1 amide bonds. The van der Waals surface area contributed by atoms with E-state index in [9.17, 15) is 14.4 Å². The Bertz CT molecular complexity index is 803. The van der Waals surface area contributed by atoms with E-state index in [-0.39, 0.29) is 24.7 Å². The first kappa shape index (κ1) is 18.3. The molecule has 2 aromatic rings. The lowest BCUT2D eigenvalue weighted by Gasteiger charge is -2.10. The Morgan fingerprint density at radius 1 is 1.19 bits per heavy atom. The Balaban J connectivity index is 1.54. The van der Waals surface area contributed by atoms with Crippen molar-refractivity contribution in [3.63, 3.8) is 0 Å². The van der Waals surface area contributed by atoms with Gasteiger partial charge < -0.3 is 15.7 Å². The maximum atomic E-state index is 12.3. The fourth-order valence-corrected chi connectivity index (χ4v) is 3.92. The highest BCUT2D eigenvalue weighted by molar-refractivity contribution is 7.14. The summed E-state index contributed by atoms with van der Waals surface area (Å²) in [7, 11) is 0. The van der Waals surface area contributed by atoms with Crippen LogP contribution in [0.3, 0.4) is 0 Å². The standard InChI is InChI=1S/C19H20N2O4S/c22-15(13-4-1-12(2-5-13)3-6-18(23)24)11-21-19(25)17-9-14-10-20-8-7-16(14)26-17/h1-2,4-5,9,20H,3,6-8,10-11H2,(H,21,25)(H,23,24). The molecule has 0 aliphatic carbocycles. The zero-order chi connectivity index (χ0) is 18.5. The number of hydrogen-bond acceptors (Lipinski definition) is 5. The molecule has 0 unspecified atom stereocenters. The van der Waals surface area contributed by atoms with Crippen molar-refractivity contribution in [1.29, 1.82) is 0 Å². The predicted octanol–water partition coefficient (Wildman–Crippen LogP) is 2.02. The third-order valence-electron chi connectivity index (χ3n) is 4.28. The molecule has 0 saturated carbocycles. The van der Waals surface area contributed by atoms with Gasteiger partial charge in [-0.15, -0.1) is 11.3 Å². The van der Waals surface area contributed by atoms with E-state index in [2.05, 4.69) is 10.6 Å². The van der Waals surface area contributed by atoms with Gasteiger partial charge >= 0.3 is 5.97 Å². The minimum Gasteiger partial charge on any atom is -0.481 e. The second-order valence-corrected chi connectivity index (χ2v) is 7.32. The quantitative estimate of drug-likeness (QED) is 0.647. The van der Waals surface area contributed by atoms with Gasteiger partial charge in [0.25, 0.3) is 5.91 Å². The monoisotopic (exact) mass is 372 g/mol. The van der Waals surface area contributed by atoms with Crippen molar-refractivity contribution in [2.24, 2.45) is 0 Å². The summed E-state index contributed by atoms with van der Waals surface area (Å²) in [5.74, 6) is -1.25. The van der Waals surface area contributed by atoms with Crippen molar-refractivity contribution in [3.8, 4) is 0 Å². The molecule has 1 aromatic heterocycles. The first-order chi connectivity index (χ1) is 12.5. The summed E-state index contributed by atoms with van der Waals surface area (Å²) in [6.45, 7) is 1.65. The van der Waals surface area contributed by atoms with E-state index in [1.165, 1.54) is 16.2 Å². The average molecular weight is 372 g/mol. The van der Waals surface area contributed by atoms with Crippen LogP contribution >= 0.6 is 11.3 Å². The molecule has 7 heteroatoms.